The Morgan fingerprint density at radius 3 is 2.14 bits per heavy atom. The van der Waals surface area contributed by atoms with E-state index in [9.17, 15) is 17.6 Å². The maximum atomic E-state index is 12.8. The first-order valence-electron chi connectivity index (χ1n) is 5.90. The minimum atomic E-state index is -3.78. The minimum absolute atomic E-state index is 0.0375. The SMILES string of the molecule is O=C(CBr)c1ccc(NS(=O)(=O)c2ccc(F)cc2)cc1. The van der Waals surface area contributed by atoms with E-state index in [1.165, 1.54) is 36.4 Å². The standard InChI is InChI=1S/C14H11BrFNO3S/c15-9-14(18)10-1-5-12(6-2-10)17-21(19,20)13-7-3-11(16)4-8-13/h1-8,17H,9H2. The molecular weight excluding hydrogens is 361 g/mol. The van der Waals surface area contributed by atoms with E-state index in [0.717, 1.165) is 12.1 Å². The molecule has 0 unspecified atom stereocenters. The molecule has 0 amide bonds. The van der Waals surface area contributed by atoms with Gasteiger partial charge in [0.15, 0.2) is 5.78 Å². The average Bonchev–Trinajstić information content (AvgIpc) is 2.47. The summed E-state index contributed by atoms with van der Waals surface area (Å²) in [7, 11) is -3.78. The number of sulfonamides is 1. The molecule has 0 aliphatic rings. The third-order valence-corrected chi connectivity index (χ3v) is 4.61. The summed E-state index contributed by atoms with van der Waals surface area (Å²) in [6.07, 6.45) is 0. The fourth-order valence-electron chi connectivity index (χ4n) is 1.63. The Labute approximate surface area is 130 Å². The second-order valence-electron chi connectivity index (χ2n) is 4.19. The zero-order chi connectivity index (χ0) is 15.5. The maximum Gasteiger partial charge on any atom is 0.261 e. The summed E-state index contributed by atoms with van der Waals surface area (Å²) in [6.45, 7) is 0. The molecule has 110 valence electrons. The Morgan fingerprint density at radius 2 is 1.62 bits per heavy atom. The van der Waals surface area contributed by atoms with Crippen molar-refractivity contribution in [1.82, 2.24) is 0 Å². The van der Waals surface area contributed by atoms with Crippen molar-refractivity contribution in [3.05, 3.63) is 59.9 Å². The van der Waals surface area contributed by atoms with Crippen LogP contribution in [0.3, 0.4) is 0 Å². The number of hydrogen-bond acceptors (Lipinski definition) is 3. The largest absolute Gasteiger partial charge is 0.293 e. The number of hydrogen-bond donors (Lipinski definition) is 1. The number of nitrogens with one attached hydrogen (secondary N) is 1. The van der Waals surface area contributed by atoms with Crippen molar-refractivity contribution in [3.8, 4) is 0 Å². The van der Waals surface area contributed by atoms with Gasteiger partial charge in [-0.15, -0.1) is 0 Å². The molecule has 0 aromatic heterocycles. The highest BCUT2D eigenvalue weighted by molar-refractivity contribution is 9.09. The predicted octanol–water partition coefficient (Wildman–Crippen LogP) is 3.20. The Bertz CT molecular complexity index is 743. The van der Waals surface area contributed by atoms with Gasteiger partial charge in [-0.25, -0.2) is 12.8 Å². The Balaban J connectivity index is 2.20. The Kier molecular flexibility index (Phi) is 4.74. The topological polar surface area (TPSA) is 63.2 Å². The van der Waals surface area contributed by atoms with Crippen molar-refractivity contribution in [2.75, 3.05) is 10.1 Å². The number of anilines is 1. The van der Waals surface area contributed by atoms with E-state index in [-0.39, 0.29) is 16.0 Å². The van der Waals surface area contributed by atoms with E-state index in [1.807, 2.05) is 0 Å². The summed E-state index contributed by atoms with van der Waals surface area (Å²) in [5.41, 5.74) is 0.807. The lowest BCUT2D eigenvalue weighted by Crippen LogP contribution is -2.13. The van der Waals surface area contributed by atoms with E-state index < -0.39 is 15.8 Å². The fraction of sp³-hybridized carbons (Fsp3) is 0.0714. The highest BCUT2D eigenvalue weighted by atomic mass is 79.9. The zero-order valence-electron chi connectivity index (χ0n) is 10.7. The van der Waals surface area contributed by atoms with Gasteiger partial charge in [0.05, 0.1) is 10.2 Å². The van der Waals surface area contributed by atoms with Gasteiger partial charge < -0.3 is 0 Å². The first-order valence-corrected chi connectivity index (χ1v) is 8.50. The second-order valence-corrected chi connectivity index (χ2v) is 6.44. The normalized spacial score (nSPS) is 11.1. The summed E-state index contributed by atoms with van der Waals surface area (Å²) in [4.78, 5) is 11.4. The number of carbonyl (C=O) groups is 1. The average molecular weight is 372 g/mol. The predicted molar refractivity (Wildman–Crippen MR) is 81.8 cm³/mol. The molecule has 0 fully saturated rings. The summed E-state index contributed by atoms with van der Waals surface area (Å²) in [6, 6.07) is 10.6. The first-order chi connectivity index (χ1) is 9.92. The number of ketones is 1. The molecule has 0 radical (unpaired) electrons. The molecular formula is C14H11BrFNO3S. The number of benzene rings is 2. The molecule has 0 aliphatic carbocycles. The molecule has 2 aromatic carbocycles. The molecule has 2 aromatic rings. The lowest BCUT2D eigenvalue weighted by atomic mass is 10.1. The van der Waals surface area contributed by atoms with Crippen molar-refractivity contribution >= 4 is 37.4 Å². The molecule has 0 aliphatic heterocycles. The van der Waals surface area contributed by atoms with E-state index in [0.29, 0.717) is 11.3 Å². The minimum Gasteiger partial charge on any atom is -0.293 e. The van der Waals surface area contributed by atoms with Gasteiger partial charge in [0, 0.05) is 11.3 Å². The van der Waals surface area contributed by atoms with Crippen LogP contribution in [-0.2, 0) is 10.0 Å². The number of halogens is 2. The van der Waals surface area contributed by atoms with Gasteiger partial charge >= 0.3 is 0 Å². The van der Waals surface area contributed by atoms with Crippen molar-refractivity contribution in [1.29, 1.82) is 0 Å². The highest BCUT2D eigenvalue weighted by Crippen LogP contribution is 2.17. The maximum absolute atomic E-state index is 12.8. The second kappa shape index (κ2) is 6.36. The molecule has 21 heavy (non-hydrogen) atoms. The number of rotatable bonds is 5. The highest BCUT2D eigenvalue weighted by Gasteiger charge is 2.14. The lowest BCUT2D eigenvalue weighted by molar-refractivity contribution is 0.102. The van der Waals surface area contributed by atoms with Crippen LogP contribution in [0.5, 0.6) is 0 Å². The molecule has 7 heteroatoms. The monoisotopic (exact) mass is 371 g/mol. The number of Topliss-reactive ketones (excluding diaryl/α,β-unsaturated/α-hetero) is 1. The molecule has 0 heterocycles. The van der Waals surface area contributed by atoms with Gasteiger partial charge in [0.25, 0.3) is 10.0 Å². The lowest BCUT2D eigenvalue weighted by Gasteiger charge is -2.08. The van der Waals surface area contributed by atoms with Gasteiger partial charge in [-0.1, -0.05) is 15.9 Å². The molecule has 0 bridgehead atoms. The van der Waals surface area contributed by atoms with Crippen LogP contribution in [0.1, 0.15) is 10.4 Å². The van der Waals surface area contributed by atoms with E-state index >= 15 is 0 Å². The van der Waals surface area contributed by atoms with E-state index in [2.05, 4.69) is 20.7 Å². The molecule has 0 atom stereocenters. The van der Waals surface area contributed by atoms with Crippen LogP contribution >= 0.6 is 15.9 Å². The van der Waals surface area contributed by atoms with Crippen LogP contribution in [0.2, 0.25) is 0 Å². The molecule has 0 saturated heterocycles. The summed E-state index contributed by atoms with van der Waals surface area (Å²) < 4.78 is 39.3. The van der Waals surface area contributed by atoms with Gasteiger partial charge in [0.1, 0.15) is 5.82 Å². The van der Waals surface area contributed by atoms with Crippen molar-refractivity contribution in [3.63, 3.8) is 0 Å². The molecule has 0 saturated carbocycles. The summed E-state index contributed by atoms with van der Waals surface area (Å²) >= 11 is 3.06. The smallest absolute Gasteiger partial charge is 0.261 e. The zero-order valence-corrected chi connectivity index (χ0v) is 13.1. The van der Waals surface area contributed by atoms with Crippen molar-refractivity contribution < 1.29 is 17.6 Å². The van der Waals surface area contributed by atoms with Gasteiger partial charge in [-0.2, -0.15) is 0 Å². The van der Waals surface area contributed by atoms with E-state index in [1.54, 1.807) is 0 Å². The molecule has 0 spiro atoms. The third kappa shape index (κ3) is 3.89. The van der Waals surface area contributed by atoms with Gasteiger partial charge in [-0.05, 0) is 48.5 Å². The van der Waals surface area contributed by atoms with Crippen LogP contribution in [0.4, 0.5) is 10.1 Å². The third-order valence-electron chi connectivity index (χ3n) is 2.70. The van der Waals surface area contributed by atoms with E-state index in [4.69, 9.17) is 0 Å². The Hall–Kier alpha value is -1.73. The first kappa shape index (κ1) is 15.7. The van der Waals surface area contributed by atoms with Gasteiger partial charge in [0.2, 0.25) is 0 Å². The Morgan fingerprint density at radius 1 is 1.05 bits per heavy atom. The molecule has 1 N–H and O–H groups in total. The van der Waals surface area contributed by atoms with Crippen LogP contribution in [0.15, 0.2) is 53.4 Å². The van der Waals surface area contributed by atoms with Crippen molar-refractivity contribution in [2.24, 2.45) is 0 Å². The quantitative estimate of drug-likeness (QED) is 0.648. The molecule has 2 rings (SSSR count). The summed E-state index contributed by atoms with van der Waals surface area (Å²) in [5.74, 6) is -0.602. The summed E-state index contributed by atoms with van der Waals surface area (Å²) in [5, 5.41) is 0.202. The fourth-order valence-corrected chi connectivity index (χ4v) is 3.01. The number of carbonyl (C=O) groups excluding carboxylic acids is 1. The van der Waals surface area contributed by atoms with Crippen LogP contribution in [0, 0.1) is 5.82 Å². The van der Waals surface area contributed by atoms with Gasteiger partial charge in [-0.3, -0.25) is 9.52 Å². The molecule has 4 nitrogen and oxygen atoms in total. The van der Waals surface area contributed by atoms with Crippen LogP contribution in [0.25, 0.3) is 0 Å². The van der Waals surface area contributed by atoms with Crippen LogP contribution in [-0.4, -0.2) is 19.5 Å². The van der Waals surface area contributed by atoms with Crippen LogP contribution < -0.4 is 4.72 Å². The van der Waals surface area contributed by atoms with Crippen molar-refractivity contribution in [2.45, 2.75) is 4.90 Å². The number of alkyl halides is 1.